The molecule has 0 radical (unpaired) electrons. The third-order valence-corrected chi connectivity index (χ3v) is 10.8. The first-order valence-corrected chi connectivity index (χ1v) is 16.2. The molecule has 6 heteroatoms. The highest BCUT2D eigenvalue weighted by molar-refractivity contribution is 8.00. The Morgan fingerprint density at radius 1 is 0.545 bits per heavy atom. The Hall–Kier alpha value is -4.91. The van der Waals surface area contributed by atoms with Crippen LogP contribution < -0.4 is 10.6 Å². The minimum atomic E-state index is -0.00947. The highest BCUT2D eigenvalue weighted by Crippen LogP contribution is 2.54. The minimum absolute atomic E-state index is 0.00947. The number of anilines is 4. The summed E-state index contributed by atoms with van der Waals surface area (Å²) in [5.74, 6) is -0.00947. The summed E-state index contributed by atoms with van der Waals surface area (Å²) in [6.45, 7) is 1.66. The molecular formula is C38H25N3OS2. The van der Waals surface area contributed by atoms with Gasteiger partial charge in [-0.1, -0.05) is 102 Å². The number of carbonyl (C=O) groups excluding carboxylic acids is 1. The van der Waals surface area contributed by atoms with Crippen LogP contribution in [0, 0.1) is 0 Å². The van der Waals surface area contributed by atoms with Crippen molar-refractivity contribution in [1.29, 1.82) is 0 Å². The number of hydrogen-bond donors (Lipinski definition) is 2. The first-order chi connectivity index (χ1) is 21.7. The van der Waals surface area contributed by atoms with Crippen LogP contribution in [0.5, 0.6) is 0 Å². The minimum Gasteiger partial charge on any atom is -0.353 e. The lowest BCUT2D eigenvalue weighted by molar-refractivity contribution is 0.0946. The Morgan fingerprint density at radius 3 is 1.80 bits per heavy atom. The fraction of sp³-hybridized carbons (Fsp3) is 0.0263. The molecule has 6 aromatic carbocycles. The first kappa shape index (κ1) is 25.6. The largest absolute Gasteiger partial charge is 0.353 e. The number of fused-ring (bicyclic) bond motifs is 7. The zero-order chi connectivity index (χ0) is 29.4. The zero-order valence-corrected chi connectivity index (χ0v) is 25.4. The Morgan fingerprint density at radius 2 is 1.11 bits per heavy atom. The van der Waals surface area contributed by atoms with Crippen LogP contribution in [0.1, 0.15) is 11.7 Å². The Kier molecular flexibility index (Phi) is 5.70. The summed E-state index contributed by atoms with van der Waals surface area (Å²) in [5.41, 5.74) is 10.5. The topological polar surface area (TPSA) is 46.1 Å². The molecular weight excluding hydrogens is 579 g/mol. The van der Waals surface area contributed by atoms with Crippen molar-refractivity contribution in [2.75, 3.05) is 10.6 Å². The third kappa shape index (κ3) is 3.78. The Balaban J connectivity index is 1.39. The van der Waals surface area contributed by atoms with Crippen LogP contribution >= 0.6 is 23.5 Å². The van der Waals surface area contributed by atoms with E-state index in [1.165, 1.54) is 14.7 Å². The van der Waals surface area contributed by atoms with Crippen molar-refractivity contribution < 1.29 is 4.79 Å². The van der Waals surface area contributed by atoms with Gasteiger partial charge in [0.2, 0.25) is 5.91 Å². The molecule has 0 saturated heterocycles. The van der Waals surface area contributed by atoms with Crippen molar-refractivity contribution in [3.05, 3.63) is 121 Å². The predicted octanol–water partition coefficient (Wildman–Crippen LogP) is 11.2. The highest BCUT2D eigenvalue weighted by atomic mass is 32.2. The van der Waals surface area contributed by atoms with Crippen LogP contribution in [0.4, 0.5) is 22.7 Å². The molecule has 4 nitrogen and oxygen atoms in total. The molecule has 0 aliphatic carbocycles. The summed E-state index contributed by atoms with van der Waals surface area (Å²) in [5, 5.41) is 9.67. The molecule has 0 fully saturated rings. The van der Waals surface area contributed by atoms with E-state index in [1.54, 1.807) is 30.4 Å². The molecule has 0 saturated carbocycles. The van der Waals surface area contributed by atoms with E-state index in [0.29, 0.717) is 0 Å². The molecule has 1 aromatic heterocycles. The molecule has 0 amide bonds. The maximum absolute atomic E-state index is 13.5. The molecule has 3 heterocycles. The van der Waals surface area contributed by atoms with Crippen molar-refractivity contribution in [1.82, 2.24) is 4.57 Å². The molecule has 0 atom stereocenters. The van der Waals surface area contributed by atoms with Gasteiger partial charge < -0.3 is 10.6 Å². The second-order valence-corrected chi connectivity index (χ2v) is 13.2. The van der Waals surface area contributed by atoms with Gasteiger partial charge in [0.1, 0.15) is 0 Å². The monoisotopic (exact) mass is 603 g/mol. The van der Waals surface area contributed by atoms with Crippen LogP contribution in [0.25, 0.3) is 44.1 Å². The lowest BCUT2D eigenvalue weighted by Crippen LogP contribution is -2.08. The normalized spacial score (nSPS) is 12.9. The van der Waals surface area contributed by atoms with Gasteiger partial charge in [-0.05, 0) is 48.0 Å². The van der Waals surface area contributed by atoms with Gasteiger partial charge in [-0.25, -0.2) is 0 Å². The lowest BCUT2D eigenvalue weighted by Gasteiger charge is -2.27. The second-order valence-electron chi connectivity index (χ2n) is 11.1. The van der Waals surface area contributed by atoms with Crippen LogP contribution in [-0.2, 0) is 0 Å². The number of nitrogens with one attached hydrogen (secondary N) is 2. The average Bonchev–Trinajstić information content (AvgIpc) is 3.40. The van der Waals surface area contributed by atoms with Gasteiger partial charge >= 0.3 is 0 Å². The second kappa shape index (κ2) is 9.81. The molecule has 9 rings (SSSR count). The van der Waals surface area contributed by atoms with E-state index in [9.17, 15) is 4.79 Å². The molecule has 2 aliphatic heterocycles. The predicted molar refractivity (Wildman–Crippen MR) is 184 cm³/mol. The Bertz CT molecular complexity index is 2340. The summed E-state index contributed by atoms with van der Waals surface area (Å²) < 4.78 is 1.90. The number of rotatable bonds is 2. The maximum Gasteiger partial charge on any atom is 0.228 e. The fourth-order valence-corrected chi connectivity index (χ4v) is 8.67. The number of hydrogen-bond acceptors (Lipinski definition) is 5. The summed E-state index contributed by atoms with van der Waals surface area (Å²) in [4.78, 5) is 18.3. The van der Waals surface area contributed by atoms with Crippen molar-refractivity contribution in [3.8, 4) is 22.3 Å². The zero-order valence-electron chi connectivity index (χ0n) is 23.7. The quantitative estimate of drug-likeness (QED) is 0.206. The standard InChI is InChI=1S/C38H25N3OS2/c1-22(42)41-30-15-5-2-10-23(30)26-21-20-24(25-11-8-18-33-36(25)39-28-13-3-6-16-31(28)43-33)35(38(26)41)27-12-9-19-34-37(27)40-29-14-4-7-17-32(29)44-34/h2-21,39-40H,1H3. The van der Waals surface area contributed by atoms with E-state index < -0.39 is 0 Å². The molecule has 0 spiro atoms. The molecule has 2 N–H and O–H groups in total. The van der Waals surface area contributed by atoms with E-state index in [-0.39, 0.29) is 5.91 Å². The van der Waals surface area contributed by atoms with Gasteiger partial charge in [0.05, 0.1) is 33.8 Å². The SMILES string of the molecule is CC(=O)n1c2ccccc2c2ccc(-c3cccc4c3Nc3ccccc3S4)c(-c3cccc4c3Nc3ccccc3S4)c21. The van der Waals surface area contributed by atoms with E-state index >= 15 is 0 Å². The van der Waals surface area contributed by atoms with Crippen LogP contribution in [0.2, 0.25) is 0 Å². The van der Waals surface area contributed by atoms with Gasteiger partial charge in [-0.15, -0.1) is 0 Å². The third-order valence-electron chi connectivity index (χ3n) is 8.50. The van der Waals surface area contributed by atoms with Gasteiger partial charge in [0, 0.05) is 54.0 Å². The molecule has 2 aliphatic rings. The highest BCUT2D eigenvalue weighted by Gasteiger charge is 2.27. The Labute approximate surface area is 263 Å². The van der Waals surface area contributed by atoms with Crippen molar-refractivity contribution in [2.24, 2.45) is 0 Å². The van der Waals surface area contributed by atoms with Gasteiger partial charge in [-0.2, -0.15) is 0 Å². The number of carbonyl (C=O) groups is 1. The van der Waals surface area contributed by atoms with Gasteiger partial charge in [0.25, 0.3) is 0 Å². The van der Waals surface area contributed by atoms with Crippen LogP contribution in [-0.4, -0.2) is 10.5 Å². The number of nitrogens with zero attached hydrogens (tertiary/aromatic N) is 1. The molecule has 0 unspecified atom stereocenters. The van der Waals surface area contributed by atoms with E-state index in [0.717, 1.165) is 71.7 Å². The number of para-hydroxylation sites is 5. The molecule has 44 heavy (non-hydrogen) atoms. The molecule has 0 bridgehead atoms. The molecule has 7 aromatic rings. The van der Waals surface area contributed by atoms with E-state index in [1.807, 2.05) is 22.8 Å². The summed E-state index contributed by atoms with van der Waals surface area (Å²) in [7, 11) is 0. The summed E-state index contributed by atoms with van der Waals surface area (Å²) >= 11 is 3.56. The van der Waals surface area contributed by atoms with Crippen LogP contribution in [0.15, 0.2) is 141 Å². The number of aromatic nitrogens is 1. The molecule has 210 valence electrons. The van der Waals surface area contributed by atoms with Gasteiger partial charge in [0.15, 0.2) is 0 Å². The maximum atomic E-state index is 13.5. The number of benzene rings is 6. The van der Waals surface area contributed by atoms with Crippen molar-refractivity contribution in [2.45, 2.75) is 26.5 Å². The summed E-state index contributed by atoms with van der Waals surface area (Å²) in [6, 6.07) is 42.5. The van der Waals surface area contributed by atoms with Crippen LogP contribution in [0.3, 0.4) is 0 Å². The van der Waals surface area contributed by atoms with Crippen molar-refractivity contribution in [3.63, 3.8) is 0 Å². The van der Waals surface area contributed by atoms with Crippen molar-refractivity contribution >= 4 is 74.0 Å². The van der Waals surface area contributed by atoms with Gasteiger partial charge in [-0.3, -0.25) is 9.36 Å². The van der Waals surface area contributed by atoms with E-state index in [2.05, 4.69) is 114 Å². The smallest absolute Gasteiger partial charge is 0.228 e. The first-order valence-electron chi connectivity index (χ1n) is 14.6. The lowest BCUT2D eigenvalue weighted by atomic mass is 9.90. The van der Waals surface area contributed by atoms with E-state index in [4.69, 9.17) is 0 Å². The summed E-state index contributed by atoms with van der Waals surface area (Å²) in [6.07, 6.45) is 0. The average molecular weight is 604 g/mol. The fourth-order valence-electron chi connectivity index (χ4n) is 6.63.